The number of carbonyl (C=O) groups is 1. The fourth-order valence-corrected chi connectivity index (χ4v) is 2.89. The van der Waals surface area contributed by atoms with E-state index in [2.05, 4.69) is 37.6 Å². The molecule has 0 unspecified atom stereocenters. The number of rotatable bonds is 3. The highest BCUT2D eigenvalue weighted by Gasteiger charge is 2.38. The van der Waals surface area contributed by atoms with Gasteiger partial charge >= 0.3 is 0 Å². The van der Waals surface area contributed by atoms with E-state index in [9.17, 15) is 4.79 Å². The third kappa shape index (κ3) is 3.37. The van der Waals surface area contributed by atoms with E-state index in [1.165, 1.54) is 0 Å². The molecule has 1 saturated heterocycles. The Hall–Kier alpha value is -1.42. The number of nitrogens with zero attached hydrogens (tertiary/aromatic N) is 2. The molecule has 4 nitrogen and oxygen atoms in total. The summed E-state index contributed by atoms with van der Waals surface area (Å²) in [6.07, 6.45) is 2.28. The summed E-state index contributed by atoms with van der Waals surface area (Å²) in [6.45, 7) is 11.9. The molecular formula is C16H24N2O2. The van der Waals surface area contributed by atoms with Crippen molar-refractivity contribution in [2.75, 3.05) is 18.0 Å². The van der Waals surface area contributed by atoms with E-state index in [1.807, 2.05) is 19.1 Å². The Kier molecular flexibility index (Phi) is 3.87. The van der Waals surface area contributed by atoms with Crippen molar-refractivity contribution in [1.29, 1.82) is 0 Å². The van der Waals surface area contributed by atoms with Gasteiger partial charge in [0.15, 0.2) is 5.78 Å². The Morgan fingerprint density at radius 2 is 1.85 bits per heavy atom. The lowest BCUT2D eigenvalue weighted by molar-refractivity contribution is -0.133. The third-order valence-corrected chi connectivity index (χ3v) is 3.42. The van der Waals surface area contributed by atoms with Crippen LogP contribution in [-0.2, 0) is 4.74 Å². The standard InChI is InChI=1S/C16H24N2O2/c1-6-14(19)13-8-7-12(9-17-13)18-10-15(2,3)20-16(4,5)11-18/h7-9H,6,10-11H2,1-5H3. The van der Waals surface area contributed by atoms with Crippen molar-refractivity contribution in [1.82, 2.24) is 4.98 Å². The van der Waals surface area contributed by atoms with Gasteiger partial charge in [-0.15, -0.1) is 0 Å². The largest absolute Gasteiger partial charge is 0.366 e. The van der Waals surface area contributed by atoms with Gasteiger partial charge in [-0.3, -0.25) is 9.78 Å². The predicted octanol–water partition coefficient (Wildman–Crippen LogP) is 3.07. The van der Waals surface area contributed by atoms with Crippen molar-refractivity contribution < 1.29 is 9.53 Å². The summed E-state index contributed by atoms with van der Waals surface area (Å²) in [4.78, 5) is 18.2. The van der Waals surface area contributed by atoms with E-state index in [4.69, 9.17) is 4.74 Å². The van der Waals surface area contributed by atoms with Gasteiger partial charge < -0.3 is 9.64 Å². The average molecular weight is 276 g/mol. The zero-order valence-electron chi connectivity index (χ0n) is 13.1. The number of morpholine rings is 1. The number of pyridine rings is 1. The van der Waals surface area contributed by atoms with Gasteiger partial charge in [0.25, 0.3) is 0 Å². The van der Waals surface area contributed by atoms with Crippen molar-refractivity contribution in [2.45, 2.75) is 52.2 Å². The van der Waals surface area contributed by atoms with Crippen LogP contribution in [0, 0.1) is 0 Å². The number of ether oxygens (including phenoxy) is 1. The molecule has 0 atom stereocenters. The fourth-order valence-electron chi connectivity index (χ4n) is 2.89. The number of anilines is 1. The second-order valence-corrected chi connectivity index (χ2v) is 6.66. The summed E-state index contributed by atoms with van der Waals surface area (Å²) in [7, 11) is 0. The van der Waals surface area contributed by atoms with Crippen LogP contribution in [0.1, 0.15) is 51.5 Å². The van der Waals surface area contributed by atoms with Crippen LogP contribution in [0.5, 0.6) is 0 Å². The molecule has 1 aromatic heterocycles. The van der Waals surface area contributed by atoms with Crippen LogP contribution in [-0.4, -0.2) is 35.1 Å². The molecule has 2 heterocycles. The second kappa shape index (κ2) is 5.17. The molecule has 0 spiro atoms. The number of carbonyl (C=O) groups excluding carboxylic acids is 1. The topological polar surface area (TPSA) is 42.4 Å². The molecule has 1 fully saturated rings. The van der Waals surface area contributed by atoms with Gasteiger partial charge in [-0.2, -0.15) is 0 Å². The first-order chi connectivity index (χ1) is 9.22. The summed E-state index contributed by atoms with van der Waals surface area (Å²) in [6, 6.07) is 3.80. The quantitative estimate of drug-likeness (QED) is 0.796. The SMILES string of the molecule is CCC(=O)c1ccc(N2CC(C)(C)OC(C)(C)C2)cn1. The highest BCUT2D eigenvalue weighted by Crippen LogP contribution is 2.31. The average Bonchev–Trinajstić information content (AvgIpc) is 2.34. The first-order valence-corrected chi connectivity index (χ1v) is 7.17. The molecule has 1 aliphatic heterocycles. The molecule has 0 saturated carbocycles. The van der Waals surface area contributed by atoms with Crippen molar-refractivity contribution in [3.05, 3.63) is 24.0 Å². The lowest BCUT2D eigenvalue weighted by Gasteiger charge is -2.48. The van der Waals surface area contributed by atoms with E-state index in [-0.39, 0.29) is 17.0 Å². The highest BCUT2D eigenvalue weighted by molar-refractivity contribution is 5.94. The molecule has 0 bridgehead atoms. The number of aromatic nitrogens is 1. The van der Waals surface area contributed by atoms with Crippen molar-refractivity contribution >= 4 is 11.5 Å². The predicted molar refractivity (Wildman–Crippen MR) is 80.3 cm³/mol. The maximum Gasteiger partial charge on any atom is 0.180 e. The minimum absolute atomic E-state index is 0.0826. The normalized spacial score (nSPS) is 20.8. The first-order valence-electron chi connectivity index (χ1n) is 7.17. The van der Waals surface area contributed by atoms with Crippen LogP contribution in [0.2, 0.25) is 0 Å². The van der Waals surface area contributed by atoms with Crippen molar-refractivity contribution in [2.24, 2.45) is 0 Å². The number of hydrogen-bond acceptors (Lipinski definition) is 4. The maximum absolute atomic E-state index is 11.6. The van der Waals surface area contributed by atoms with Crippen molar-refractivity contribution in [3.8, 4) is 0 Å². The smallest absolute Gasteiger partial charge is 0.180 e. The molecule has 0 amide bonds. The van der Waals surface area contributed by atoms with Gasteiger partial charge in [-0.05, 0) is 39.8 Å². The van der Waals surface area contributed by atoms with Crippen LogP contribution in [0.4, 0.5) is 5.69 Å². The van der Waals surface area contributed by atoms with E-state index in [0.717, 1.165) is 18.8 Å². The number of ketones is 1. The number of Topliss-reactive ketones (excluding diaryl/α,β-unsaturated/α-hetero) is 1. The fraction of sp³-hybridized carbons (Fsp3) is 0.625. The molecule has 0 aliphatic carbocycles. The Labute approximate surface area is 121 Å². The molecule has 0 N–H and O–H groups in total. The summed E-state index contributed by atoms with van der Waals surface area (Å²) in [5, 5.41) is 0. The van der Waals surface area contributed by atoms with E-state index < -0.39 is 0 Å². The van der Waals surface area contributed by atoms with Gasteiger partial charge in [0, 0.05) is 19.5 Å². The van der Waals surface area contributed by atoms with Crippen LogP contribution >= 0.6 is 0 Å². The van der Waals surface area contributed by atoms with E-state index >= 15 is 0 Å². The third-order valence-electron chi connectivity index (χ3n) is 3.42. The summed E-state index contributed by atoms with van der Waals surface area (Å²) < 4.78 is 6.08. The van der Waals surface area contributed by atoms with Gasteiger partial charge in [0.1, 0.15) is 5.69 Å². The molecule has 110 valence electrons. The molecule has 20 heavy (non-hydrogen) atoms. The van der Waals surface area contributed by atoms with E-state index in [0.29, 0.717) is 12.1 Å². The Morgan fingerprint density at radius 3 is 2.30 bits per heavy atom. The lowest BCUT2D eigenvalue weighted by Crippen LogP contribution is -2.57. The minimum Gasteiger partial charge on any atom is -0.366 e. The second-order valence-electron chi connectivity index (χ2n) is 6.66. The number of hydrogen-bond donors (Lipinski definition) is 0. The molecular weight excluding hydrogens is 252 g/mol. The van der Waals surface area contributed by atoms with E-state index in [1.54, 1.807) is 6.20 Å². The minimum atomic E-state index is -0.195. The summed E-state index contributed by atoms with van der Waals surface area (Å²) in [5.74, 6) is 0.0826. The zero-order chi connectivity index (χ0) is 15.0. The summed E-state index contributed by atoms with van der Waals surface area (Å²) >= 11 is 0. The molecule has 0 radical (unpaired) electrons. The van der Waals surface area contributed by atoms with Gasteiger partial charge in [0.2, 0.25) is 0 Å². The van der Waals surface area contributed by atoms with Gasteiger partial charge in [-0.1, -0.05) is 6.92 Å². The Balaban J connectivity index is 2.21. The van der Waals surface area contributed by atoms with Crippen LogP contribution < -0.4 is 4.90 Å². The van der Waals surface area contributed by atoms with Crippen LogP contribution in [0.3, 0.4) is 0 Å². The lowest BCUT2D eigenvalue weighted by atomic mass is 9.98. The Bertz CT molecular complexity index is 476. The van der Waals surface area contributed by atoms with Crippen LogP contribution in [0.15, 0.2) is 18.3 Å². The van der Waals surface area contributed by atoms with Gasteiger partial charge in [-0.25, -0.2) is 0 Å². The monoisotopic (exact) mass is 276 g/mol. The molecule has 1 aliphatic rings. The zero-order valence-corrected chi connectivity index (χ0v) is 13.1. The first kappa shape index (κ1) is 15.0. The maximum atomic E-state index is 11.6. The molecule has 1 aromatic rings. The highest BCUT2D eigenvalue weighted by atomic mass is 16.5. The van der Waals surface area contributed by atoms with Gasteiger partial charge in [0.05, 0.1) is 23.1 Å². The molecule has 4 heteroatoms. The molecule has 2 rings (SSSR count). The Morgan fingerprint density at radius 1 is 1.25 bits per heavy atom. The van der Waals surface area contributed by atoms with Crippen molar-refractivity contribution in [3.63, 3.8) is 0 Å². The van der Waals surface area contributed by atoms with Crippen LogP contribution in [0.25, 0.3) is 0 Å². The summed E-state index contributed by atoms with van der Waals surface area (Å²) in [5.41, 5.74) is 1.20. The molecule has 0 aromatic carbocycles.